The molecule has 0 spiro atoms. The maximum atomic E-state index is 11.4. The first kappa shape index (κ1) is 18.5. The van der Waals surface area contributed by atoms with Crippen molar-refractivity contribution in [1.29, 1.82) is 0 Å². The largest absolute Gasteiger partial charge is 0.355 e. The van der Waals surface area contributed by atoms with Crippen LogP contribution in [-0.4, -0.2) is 70.3 Å². The van der Waals surface area contributed by atoms with Gasteiger partial charge in [-0.15, -0.1) is 0 Å². The molecule has 23 heavy (non-hydrogen) atoms. The Morgan fingerprint density at radius 2 is 1.91 bits per heavy atom. The quantitative estimate of drug-likeness (QED) is 0.314. The second kappa shape index (κ2) is 9.44. The van der Waals surface area contributed by atoms with E-state index >= 15 is 0 Å². The van der Waals surface area contributed by atoms with E-state index in [1.165, 1.54) is 45.2 Å². The van der Waals surface area contributed by atoms with Crippen molar-refractivity contribution in [2.45, 2.75) is 45.1 Å². The summed E-state index contributed by atoms with van der Waals surface area (Å²) in [6.07, 6.45) is 6.34. The Balaban J connectivity index is 1.68. The molecule has 0 unspecified atom stereocenters. The minimum atomic E-state index is -3.13. The van der Waals surface area contributed by atoms with Gasteiger partial charge in [0.25, 0.3) is 0 Å². The lowest BCUT2D eigenvalue weighted by Gasteiger charge is -2.26. The Hall–Kier alpha value is -0.860. The molecule has 0 atom stereocenters. The summed E-state index contributed by atoms with van der Waals surface area (Å²) < 4.78 is 25.3. The fourth-order valence-corrected chi connectivity index (χ4v) is 3.17. The summed E-state index contributed by atoms with van der Waals surface area (Å²) in [5, 5.41) is 6.75. The number of likely N-dealkylation sites (tertiary alicyclic amines) is 1. The fraction of sp³-hybridized carbons (Fsp3) is 0.933. The molecule has 2 rings (SSSR count). The first-order valence-corrected chi connectivity index (χ1v) is 10.5. The molecular weight excluding hydrogens is 314 g/mol. The van der Waals surface area contributed by atoms with Crippen molar-refractivity contribution in [2.24, 2.45) is 4.99 Å². The lowest BCUT2D eigenvalue weighted by atomic mass is 10.1. The SMILES string of the molecule is CCS(=O)(=O)NCCN=C(NCCN1CCCCC1)NC1CC1. The Morgan fingerprint density at radius 1 is 1.17 bits per heavy atom. The van der Waals surface area contributed by atoms with Gasteiger partial charge in [-0.25, -0.2) is 13.1 Å². The normalized spacial score (nSPS) is 20.5. The van der Waals surface area contributed by atoms with E-state index in [-0.39, 0.29) is 5.75 Å². The zero-order valence-electron chi connectivity index (χ0n) is 14.2. The number of nitrogens with zero attached hydrogens (tertiary/aromatic N) is 2. The van der Waals surface area contributed by atoms with Gasteiger partial charge < -0.3 is 15.5 Å². The highest BCUT2D eigenvalue weighted by atomic mass is 32.2. The summed E-state index contributed by atoms with van der Waals surface area (Å²) in [4.78, 5) is 6.96. The number of nitrogens with one attached hydrogen (secondary N) is 3. The maximum Gasteiger partial charge on any atom is 0.211 e. The molecular formula is C15H31N5O2S. The zero-order chi connectivity index (χ0) is 16.5. The Morgan fingerprint density at radius 3 is 2.57 bits per heavy atom. The third kappa shape index (κ3) is 7.99. The molecule has 0 aromatic carbocycles. The van der Waals surface area contributed by atoms with Crippen molar-refractivity contribution in [1.82, 2.24) is 20.3 Å². The monoisotopic (exact) mass is 345 g/mol. The van der Waals surface area contributed by atoms with Crippen LogP contribution in [0, 0.1) is 0 Å². The van der Waals surface area contributed by atoms with Gasteiger partial charge in [0, 0.05) is 25.7 Å². The second-order valence-corrected chi connectivity index (χ2v) is 8.37. The van der Waals surface area contributed by atoms with Gasteiger partial charge in [-0.1, -0.05) is 6.42 Å². The van der Waals surface area contributed by atoms with Crippen molar-refractivity contribution in [3.8, 4) is 0 Å². The highest BCUT2D eigenvalue weighted by molar-refractivity contribution is 7.89. The summed E-state index contributed by atoms with van der Waals surface area (Å²) in [5.74, 6) is 0.915. The van der Waals surface area contributed by atoms with Crippen molar-refractivity contribution in [3.63, 3.8) is 0 Å². The fourth-order valence-electron chi connectivity index (χ4n) is 2.56. The van der Waals surface area contributed by atoms with Crippen LogP contribution in [0.15, 0.2) is 4.99 Å². The first-order chi connectivity index (χ1) is 11.1. The third-order valence-corrected chi connectivity index (χ3v) is 5.58. The van der Waals surface area contributed by atoms with E-state index in [1.807, 2.05) is 0 Å². The van der Waals surface area contributed by atoms with Gasteiger partial charge in [0.05, 0.1) is 12.3 Å². The topological polar surface area (TPSA) is 85.8 Å². The number of hydrogen-bond acceptors (Lipinski definition) is 4. The van der Waals surface area contributed by atoms with Crippen LogP contribution in [0.5, 0.6) is 0 Å². The lowest BCUT2D eigenvalue weighted by Crippen LogP contribution is -2.43. The van der Waals surface area contributed by atoms with E-state index in [0.717, 1.165) is 19.0 Å². The molecule has 0 amide bonds. The molecule has 0 bridgehead atoms. The minimum Gasteiger partial charge on any atom is -0.355 e. The predicted octanol–water partition coefficient (Wildman–Crippen LogP) is 0.109. The Kier molecular flexibility index (Phi) is 7.58. The van der Waals surface area contributed by atoms with E-state index < -0.39 is 10.0 Å². The molecule has 7 nitrogen and oxygen atoms in total. The molecule has 1 heterocycles. The van der Waals surface area contributed by atoms with Crippen LogP contribution in [0.3, 0.4) is 0 Å². The number of hydrogen-bond donors (Lipinski definition) is 3. The second-order valence-electron chi connectivity index (χ2n) is 6.28. The summed E-state index contributed by atoms with van der Waals surface area (Å²) >= 11 is 0. The van der Waals surface area contributed by atoms with Crippen molar-refractivity contribution in [2.75, 3.05) is 45.0 Å². The molecule has 134 valence electrons. The van der Waals surface area contributed by atoms with Gasteiger partial charge >= 0.3 is 0 Å². The predicted molar refractivity (Wildman–Crippen MR) is 94.2 cm³/mol. The number of piperidine rings is 1. The number of sulfonamides is 1. The summed E-state index contributed by atoms with van der Waals surface area (Å²) in [6, 6.07) is 0.531. The van der Waals surface area contributed by atoms with Crippen molar-refractivity contribution >= 4 is 16.0 Å². The number of rotatable bonds is 9. The average Bonchev–Trinajstić information content (AvgIpc) is 3.36. The molecule has 1 saturated heterocycles. The highest BCUT2D eigenvalue weighted by Gasteiger charge is 2.22. The van der Waals surface area contributed by atoms with Gasteiger partial charge in [-0.3, -0.25) is 4.99 Å². The highest BCUT2D eigenvalue weighted by Crippen LogP contribution is 2.18. The third-order valence-electron chi connectivity index (χ3n) is 4.17. The van der Waals surface area contributed by atoms with E-state index in [1.54, 1.807) is 6.92 Å². The molecule has 0 radical (unpaired) electrons. The number of guanidine groups is 1. The molecule has 8 heteroatoms. The van der Waals surface area contributed by atoms with Gasteiger partial charge in [0.15, 0.2) is 5.96 Å². The van der Waals surface area contributed by atoms with Gasteiger partial charge in [-0.05, 0) is 45.7 Å². The van der Waals surface area contributed by atoms with Gasteiger partial charge in [0.1, 0.15) is 0 Å². The molecule has 0 aromatic rings. The Bertz CT molecular complexity index is 470. The number of aliphatic imine (C=N–C) groups is 1. The minimum absolute atomic E-state index is 0.109. The summed E-state index contributed by atoms with van der Waals surface area (Å²) in [6.45, 7) is 6.73. The Labute approximate surface area is 140 Å². The molecule has 2 fully saturated rings. The van der Waals surface area contributed by atoms with Crippen molar-refractivity contribution < 1.29 is 8.42 Å². The first-order valence-electron chi connectivity index (χ1n) is 8.83. The van der Waals surface area contributed by atoms with Crippen LogP contribution in [0.25, 0.3) is 0 Å². The molecule has 0 aromatic heterocycles. The maximum absolute atomic E-state index is 11.4. The molecule has 3 N–H and O–H groups in total. The molecule has 1 aliphatic heterocycles. The molecule has 1 saturated carbocycles. The van der Waals surface area contributed by atoms with Crippen LogP contribution >= 0.6 is 0 Å². The van der Waals surface area contributed by atoms with Crippen LogP contribution in [0.1, 0.15) is 39.0 Å². The average molecular weight is 346 g/mol. The standard InChI is InChI=1S/C15H31N5O2S/c1-2-23(21,22)18-9-8-16-15(19-14-6-7-14)17-10-13-20-11-4-3-5-12-20/h14,18H,2-13H2,1H3,(H2,16,17,19). The summed E-state index contributed by atoms with van der Waals surface area (Å²) in [7, 11) is -3.13. The van der Waals surface area contributed by atoms with Gasteiger partial charge in [0.2, 0.25) is 10.0 Å². The molecule has 1 aliphatic carbocycles. The smallest absolute Gasteiger partial charge is 0.211 e. The van der Waals surface area contributed by atoms with Crippen molar-refractivity contribution in [3.05, 3.63) is 0 Å². The van der Waals surface area contributed by atoms with Crippen LogP contribution in [-0.2, 0) is 10.0 Å². The van der Waals surface area contributed by atoms with Crippen LogP contribution < -0.4 is 15.4 Å². The zero-order valence-corrected chi connectivity index (χ0v) is 15.0. The van der Waals surface area contributed by atoms with E-state index in [2.05, 4.69) is 25.2 Å². The van der Waals surface area contributed by atoms with E-state index in [4.69, 9.17) is 0 Å². The van der Waals surface area contributed by atoms with E-state index in [9.17, 15) is 8.42 Å². The van der Waals surface area contributed by atoms with Crippen LogP contribution in [0.2, 0.25) is 0 Å². The lowest BCUT2D eigenvalue weighted by molar-refractivity contribution is 0.232. The molecule has 2 aliphatic rings. The summed E-state index contributed by atoms with van der Waals surface area (Å²) in [5.41, 5.74) is 0. The van der Waals surface area contributed by atoms with Gasteiger partial charge in [-0.2, -0.15) is 0 Å². The van der Waals surface area contributed by atoms with Crippen LogP contribution in [0.4, 0.5) is 0 Å². The van der Waals surface area contributed by atoms with E-state index in [0.29, 0.717) is 19.1 Å².